The first-order chi connectivity index (χ1) is 9.17. The largest absolute Gasteiger partial charge is 0.478 e. The van der Waals surface area contributed by atoms with Crippen molar-refractivity contribution in [3.8, 4) is 5.88 Å². The van der Waals surface area contributed by atoms with Gasteiger partial charge in [-0.05, 0) is 44.6 Å². The summed E-state index contributed by atoms with van der Waals surface area (Å²) < 4.78 is 5.34. The van der Waals surface area contributed by atoms with Crippen LogP contribution < -0.4 is 10.1 Å². The number of rotatable bonds is 5. The van der Waals surface area contributed by atoms with Crippen molar-refractivity contribution in [1.82, 2.24) is 4.98 Å². The third kappa shape index (κ3) is 4.27. The van der Waals surface area contributed by atoms with Gasteiger partial charge in [-0.2, -0.15) is 0 Å². The van der Waals surface area contributed by atoms with Gasteiger partial charge in [-0.3, -0.25) is 0 Å². The van der Waals surface area contributed by atoms with E-state index >= 15 is 0 Å². The Balaban J connectivity index is 1.83. The van der Waals surface area contributed by atoms with E-state index in [9.17, 15) is 0 Å². The molecule has 0 spiro atoms. The molecule has 2 rings (SSSR count). The molecule has 1 N–H and O–H groups in total. The summed E-state index contributed by atoms with van der Waals surface area (Å²) in [5.41, 5.74) is 2.60. The second-order valence-electron chi connectivity index (χ2n) is 5.50. The van der Waals surface area contributed by atoms with E-state index in [0.717, 1.165) is 18.2 Å². The minimum atomic E-state index is 0.658. The fraction of sp³-hybridized carbons (Fsp3) is 0.562. The molecule has 1 heterocycles. The number of aromatic nitrogens is 1. The maximum Gasteiger partial charge on any atom is 0.213 e. The predicted molar refractivity (Wildman–Crippen MR) is 79.5 cm³/mol. The minimum absolute atomic E-state index is 0.658. The molecule has 0 saturated carbocycles. The van der Waals surface area contributed by atoms with Gasteiger partial charge in [0.2, 0.25) is 5.88 Å². The van der Waals surface area contributed by atoms with E-state index in [-0.39, 0.29) is 0 Å². The van der Waals surface area contributed by atoms with Crippen molar-refractivity contribution in [2.75, 3.05) is 18.5 Å². The molecular weight excluding hydrogens is 236 g/mol. The number of hydrogen-bond acceptors (Lipinski definition) is 3. The van der Waals surface area contributed by atoms with Gasteiger partial charge in [0.25, 0.3) is 0 Å². The van der Waals surface area contributed by atoms with E-state index in [1.807, 2.05) is 25.3 Å². The fourth-order valence-electron chi connectivity index (χ4n) is 2.82. The molecule has 0 radical (unpaired) electrons. The van der Waals surface area contributed by atoms with Crippen LogP contribution in [0, 0.1) is 11.8 Å². The zero-order valence-electron chi connectivity index (χ0n) is 12.1. The maximum absolute atomic E-state index is 5.34. The first kappa shape index (κ1) is 13.9. The van der Waals surface area contributed by atoms with Crippen molar-refractivity contribution in [2.45, 2.75) is 33.6 Å². The van der Waals surface area contributed by atoms with Crippen LogP contribution >= 0.6 is 0 Å². The average molecular weight is 260 g/mol. The quantitative estimate of drug-likeness (QED) is 0.816. The molecule has 104 valence electrons. The molecule has 0 aromatic carbocycles. The highest BCUT2D eigenvalue weighted by Gasteiger charge is 2.17. The molecular formula is C16H24N2O. The van der Waals surface area contributed by atoms with Gasteiger partial charge >= 0.3 is 0 Å². The Bertz CT molecular complexity index is 425. The summed E-state index contributed by atoms with van der Waals surface area (Å²) >= 11 is 0. The van der Waals surface area contributed by atoms with Crippen LogP contribution in [0.5, 0.6) is 5.88 Å². The normalized spacial score (nSPS) is 22.8. The van der Waals surface area contributed by atoms with Gasteiger partial charge in [0.05, 0.1) is 18.5 Å². The number of nitrogens with zero attached hydrogens (tertiary/aromatic N) is 1. The third-order valence-corrected chi connectivity index (χ3v) is 3.51. The maximum atomic E-state index is 5.34. The van der Waals surface area contributed by atoms with Crippen LogP contribution in [0.25, 0.3) is 0 Å². The van der Waals surface area contributed by atoms with E-state index in [4.69, 9.17) is 4.74 Å². The predicted octanol–water partition coefficient (Wildman–Crippen LogP) is 3.88. The van der Waals surface area contributed by atoms with Crippen molar-refractivity contribution in [1.29, 1.82) is 0 Å². The molecule has 0 aliphatic heterocycles. The Morgan fingerprint density at radius 3 is 2.89 bits per heavy atom. The molecule has 2 atom stereocenters. The highest BCUT2D eigenvalue weighted by molar-refractivity contribution is 5.42. The summed E-state index contributed by atoms with van der Waals surface area (Å²) in [6, 6.07) is 3.95. The van der Waals surface area contributed by atoms with Gasteiger partial charge in [0, 0.05) is 12.6 Å². The van der Waals surface area contributed by atoms with Gasteiger partial charge in [-0.25, -0.2) is 4.98 Å². The lowest BCUT2D eigenvalue weighted by Crippen LogP contribution is -2.20. The summed E-state index contributed by atoms with van der Waals surface area (Å²) in [6.45, 7) is 8.18. The summed E-state index contributed by atoms with van der Waals surface area (Å²) in [7, 11) is 0. The number of anilines is 1. The van der Waals surface area contributed by atoms with E-state index in [2.05, 4.69) is 30.2 Å². The zero-order valence-corrected chi connectivity index (χ0v) is 12.1. The van der Waals surface area contributed by atoms with Crippen molar-refractivity contribution in [3.05, 3.63) is 30.0 Å². The summed E-state index contributed by atoms with van der Waals surface area (Å²) in [6.07, 6.45) is 6.73. The smallest absolute Gasteiger partial charge is 0.213 e. The van der Waals surface area contributed by atoms with E-state index < -0.39 is 0 Å². The molecule has 1 aliphatic rings. The van der Waals surface area contributed by atoms with Crippen LogP contribution in [0.4, 0.5) is 5.69 Å². The lowest BCUT2D eigenvalue weighted by Gasteiger charge is -2.25. The Labute approximate surface area is 116 Å². The fourth-order valence-corrected chi connectivity index (χ4v) is 2.82. The first-order valence-corrected chi connectivity index (χ1v) is 7.17. The monoisotopic (exact) mass is 260 g/mol. The second kappa shape index (κ2) is 6.60. The van der Waals surface area contributed by atoms with Gasteiger partial charge < -0.3 is 10.1 Å². The molecule has 0 fully saturated rings. The topological polar surface area (TPSA) is 34.1 Å². The second-order valence-corrected chi connectivity index (χ2v) is 5.50. The molecule has 3 nitrogen and oxygen atoms in total. The highest BCUT2D eigenvalue weighted by Crippen LogP contribution is 2.28. The lowest BCUT2D eigenvalue weighted by atomic mass is 9.84. The van der Waals surface area contributed by atoms with E-state index in [0.29, 0.717) is 18.4 Å². The third-order valence-electron chi connectivity index (χ3n) is 3.51. The molecule has 1 aromatic heterocycles. The van der Waals surface area contributed by atoms with E-state index in [1.54, 1.807) is 0 Å². The Morgan fingerprint density at radius 1 is 1.42 bits per heavy atom. The van der Waals surface area contributed by atoms with Crippen LogP contribution in [0.1, 0.15) is 33.6 Å². The number of pyridine rings is 1. The Hall–Kier alpha value is -1.51. The Kier molecular flexibility index (Phi) is 4.83. The molecule has 1 aromatic rings. The molecule has 2 unspecified atom stereocenters. The standard InChI is InChI=1S/C16H24N2O/c1-4-19-16-6-5-15(11-18-16)17-10-14-8-12(2)7-13(3)9-14/h5-7,11-12,14,17H,4,8-10H2,1-3H3. The summed E-state index contributed by atoms with van der Waals surface area (Å²) in [5.74, 6) is 2.13. The molecule has 0 amide bonds. The zero-order chi connectivity index (χ0) is 13.7. The average Bonchev–Trinajstić information content (AvgIpc) is 2.37. The van der Waals surface area contributed by atoms with Crippen LogP contribution in [-0.4, -0.2) is 18.1 Å². The van der Waals surface area contributed by atoms with E-state index in [1.165, 1.54) is 18.4 Å². The van der Waals surface area contributed by atoms with Gasteiger partial charge in [0.15, 0.2) is 0 Å². The minimum Gasteiger partial charge on any atom is -0.478 e. The van der Waals surface area contributed by atoms with Gasteiger partial charge in [-0.15, -0.1) is 0 Å². The van der Waals surface area contributed by atoms with Gasteiger partial charge in [0.1, 0.15) is 0 Å². The molecule has 3 heteroatoms. The van der Waals surface area contributed by atoms with Crippen LogP contribution in [-0.2, 0) is 0 Å². The highest BCUT2D eigenvalue weighted by atomic mass is 16.5. The van der Waals surface area contributed by atoms with Crippen molar-refractivity contribution >= 4 is 5.69 Å². The van der Waals surface area contributed by atoms with Crippen LogP contribution in [0.15, 0.2) is 30.0 Å². The summed E-state index contributed by atoms with van der Waals surface area (Å²) in [4.78, 5) is 4.27. The number of ether oxygens (including phenoxy) is 1. The first-order valence-electron chi connectivity index (χ1n) is 7.17. The lowest BCUT2D eigenvalue weighted by molar-refractivity contribution is 0.327. The molecule has 0 saturated heterocycles. The van der Waals surface area contributed by atoms with Crippen molar-refractivity contribution in [3.63, 3.8) is 0 Å². The van der Waals surface area contributed by atoms with Gasteiger partial charge in [-0.1, -0.05) is 18.6 Å². The SMILES string of the molecule is CCOc1ccc(NCC2CC(C)=CC(C)C2)cn1. The molecule has 0 bridgehead atoms. The van der Waals surface area contributed by atoms with Crippen molar-refractivity contribution in [2.24, 2.45) is 11.8 Å². The summed E-state index contributed by atoms with van der Waals surface area (Å²) in [5, 5.41) is 3.48. The van der Waals surface area contributed by atoms with Crippen LogP contribution in [0.3, 0.4) is 0 Å². The molecule has 1 aliphatic carbocycles. The van der Waals surface area contributed by atoms with Crippen molar-refractivity contribution < 1.29 is 4.74 Å². The number of allylic oxidation sites excluding steroid dienone is 2. The number of nitrogens with one attached hydrogen (secondary N) is 1. The number of hydrogen-bond donors (Lipinski definition) is 1. The van der Waals surface area contributed by atoms with Crippen LogP contribution in [0.2, 0.25) is 0 Å². The Morgan fingerprint density at radius 2 is 2.26 bits per heavy atom. The molecule has 19 heavy (non-hydrogen) atoms.